The first-order chi connectivity index (χ1) is 11.2. The van der Waals surface area contributed by atoms with Gasteiger partial charge in [-0.25, -0.2) is 4.98 Å². The number of benzene rings is 2. The van der Waals surface area contributed by atoms with Gasteiger partial charge in [0, 0.05) is 27.7 Å². The molecule has 0 saturated heterocycles. The second-order valence-electron chi connectivity index (χ2n) is 5.54. The normalized spacial score (nSPS) is 10.9. The Bertz CT molecular complexity index is 794. The van der Waals surface area contributed by atoms with Crippen molar-refractivity contribution in [3.8, 4) is 11.3 Å². The van der Waals surface area contributed by atoms with E-state index in [4.69, 9.17) is 28.2 Å². The van der Waals surface area contributed by atoms with Gasteiger partial charge in [0.25, 0.3) is 0 Å². The van der Waals surface area contributed by atoms with Gasteiger partial charge in [0.1, 0.15) is 5.82 Å². The first-order valence-electron chi connectivity index (χ1n) is 7.74. The number of imidazole rings is 1. The Morgan fingerprint density at radius 2 is 1.83 bits per heavy atom. The predicted molar refractivity (Wildman–Crippen MR) is 97.3 cm³/mol. The summed E-state index contributed by atoms with van der Waals surface area (Å²) in [6, 6.07) is 15.9. The summed E-state index contributed by atoms with van der Waals surface area (Å²) in [5.41, 5.74) is 4.37. The van der Waals surface area contributed by atoms with Crippen LogP contribution in [0.15, 0.2) is 48.5 Å². The van der Waals surface area contributed by atoms with Crippen molar-refractivity contribution in [3.05, 3.63) is 75.7 Å². The molecule has 0 aliphatic heterocycles. The Morgan fingerprint density at radius 3 is 2.52 bits per heavy atom. The van der Waals surface area contributed by atoms with Crippen molar-refractivity contribution in [2.45, 2.75) is 26.2 Å². The van der Waals surface area contributed by atoms with Crippen molar-refractivity contribution in [1.29, 1.82) is 0 Å². The molecule has 1 heterocycles. The van der Waals surface area contributed by atoms with Crippen LogP contribution in [-0.4, -0.2) is 9.97 Å². The van der Waals surface area contributed by atoms with Crippen LogP contribution in [-0.2, 0) is 12.8 Å². The molecule has 0 unspecified atom stereocenters. The number of nitrogens with zero attached hydrogens (tertiary/aromatic N) is 1. The molecule has 2 aromatic carbocycles. The largest absolute Gasteiger partial charge is 0.345 e. The highest BCUT2D eigenvalue weighted by molar-refractivity contribution is 6.35. The van der Waals surface area contributed by atoms with Gasteiger partial charge in [0.2, 0.25) is 0 Å². The molecule has 3 aromatic rings. The molecule has 0 atom stereocenters. The maximum absolute atomic E-state index is 6.28. The number of H-pyrrole nitrogens is 1. The molecule has 4 heteroatoms. The average molecular weight is 345 g/mol. The standard InChI is InChI=1S/C19H18Cl2N2/c1-2-6-17-19(13-7-4-3-5-8-13)23-18(22-17)11-14-9-10-15(20)12-16(14)21/h3-5,7-10,12H,2,6,11H2,1H3,(H,22,23). The molecule has 0 bridgehead atoms. The summed E-state index contributed by atoms with van der Waals surface area (Å²) < 4.78 is 0. The fraction of sp³-hybridized carbons (Fsp3) is 0.211. The zero-order valence-corrected chi connectivity index (χ0v) is 14.5. The Labute approximate surface area is 146 Å². The third-order valence-electron chi connectivity index (χ3n) is 3.75. The van der Waals surface area contributed by atoms with Crippen LogP contribution in [0.4, 0.5) is 0 Å². The number of aromatic amines is 1. The molecule has 0 aliphatic rings. The number of aromatic nitrogens is 2. The number of hydrogen-bond donors (Lipinski definition) is 1. The predicted octanol–water partition coefficient (Wildman–Crippen LogP) is 5.93. The highest BCUT2D eigenvalue weighted by Gasteiger charge is 2.13. The van der Waals surface area contributed by atoms with Gasteiger partial charge in [-0.15, -0.1) is 0 Å². The van der Waals surface area contributed by atoms with Gasteiger partial charge < -0.3 is 4.98 Å². The van der Waals surface area contributed by atoms with Crippen LogP contribution in [0.5, 0.6) is 0 Å². The fourth-order valence-electron chi connectivity index (χ4n) is 2.66. The molecule has 1 aromatic heterocycles. The van der Waals surface area contributed by atoms with E-state index in [0.29, 0.717) is 16.5 Å². The van der Waals surface area contributed by atoms with Gasteiger partial charge in [-0.2, -0.15) is 0 Å². The number of halogens is 2. The average Bonchev–Trinajstić information content (AvgIpc) is 2.94. The third kappa shape index (κ3) is 3.77. The number of nitrogens with one attached hydrogen (secondary N) is 1. The van der Waals surface area contributed by atoms with Crippen molar-refractivity contribution >= 4 is 23.2 Å². The van der Waals surface area contributed by atoms with E-state index in [1.54, 1.807) is 6.07 Å². The molecule has 23 heavy (non-hydrogen) atoms. The van der Waals surface area contributed by atoms with E-state index in [0.717, 1.165) is 35.5 Å². The Morgan fingerprint density at radius 1 is 1.04 bits per heavy atom. The summed E-state index contributed by atoms with van der Waals surface area (Å²) in [4.78, 5) is 8.28. The summed E-state index contributed by atoms with van der Waals surface area (Å²) >= 11 is 12.2. The number of hydrogen-bond acceptors (Lipinski definition) is 1. The minimum absolute atomic E-state index is 0.648. The van der Waals surface area contributed by atoms with Crippen LogP contribution < -0.4 is 0 Å². The highest BCUT2D eigenvalue weighted by atomic mass is 35.5. The van der Waals surface area contributed by atoms with E-state index in [1.165, 1.54) is 5.69 Å². The summed E-state index contributed by atoms with van der Waals surface area (Å²) in [7, 11) is 0. The molecular formula is C19H18Cl2N2. The Balaban J connectivity index is 1.94. The van der Waals surface area contributed by atoms with Crippen LogP contribution in [0.25, 0.3) is 11.3 Å². The lowest BCUT2D eigenvalue weighted by atomic mass is 10.1. The number of rotatable bonds is 5. The topological polar surface area (TPSA) is 28.7 Å². The van der Waals surface area contributed by atoms with Crippen LogP contribution in [0.3, 0.4) is 0 Å². The zero-order chi connectivity index (χ0) is 16.2. The third-order valence-corrected chi connectivity index (χ3v) is 4.33. The van der Waals surface area contributed by atoms with Crippen molar-refractivity contribution in [2.75, 3.05) is 0 Å². The molecular weight excluding hydrogens is 327 g/mol. The first-order valence-corrected chi connectivity index (χ1v) is 8.50. The van der Waals surface area contributed by atoms with E-state index >= 15 is 0 Å². The molecule has 0 fully saturated rings. The maximum atomic E-state index is 6.28. The van der Waals surface area contributed by atoms with Crippen molar-refractivity contribution in [1.82, 2.24) is 9.97 Å². The quantitative estimate of drug-likeness (QED) is 0.610. The molecule has 3 rings (SSSR count). The second kappa shape index (κ2) is 7.20. The summed E-state index contributed by atoms with van der Waals surface area (Å²) in [5.74, 6) is 0.927. The summed E-state index contributed by atoms with van der Waals surface area (Å²) in [5, 5.41) is 1.32. The fourth-order valence-corrected chi connectivity index (χ4v) is 3.13. The van der Waals surface area contributed by atoms with E-state index < -0.39 is 0 Å². The highest BCUT2D eigenvalue weighted by Crippen LogP contribution is 2.26. The monoisotopic (exact) mass is 344 g/mol. The lowest BCUT2D eigenvalue weighted by Crippen LogP contribution is -1.92. The van der Waals surface area contributed by atoms with Crippen molar-refractivity contribution in [3.63, 3.8) is 0 Å². The van der Waals surface area contributed by atoms with Gasteiger partial charge in [0.05, 0.1) is 5.69 Å². The molecule has 0 aliphatic carbocycles. The Kier molecular flexibility index (Phi) is 5.04. The minimum Gasteiger partial charge on any atom is -0.345 e. The van der Waals surface area contributed by atoms with Gasteiger partial charge in [-0.1, -0.05) is 72.9 Å². The number of aryl methyl sites for hydroxylation is 1. The molecule has 118 valence electrons. The van der Waals surface area contributed by atoms with Gasteiger partial charge in [0.15, 0.2) is 0 Å². The Hall–Kier alpha value is -1.77. The van der Waals surface area contributed by atoms with Gasteiger partial charge >= 0.3 is 0 Å². The van der Waals surface area contributed by atoms with Gasteiger partial charge in [-0.05, 0) is 24.1 Å². The van der Waals surface area contributed by atoms with E-state index in [9.17, 15) is 0 Å². The molecule has 0 saturated carbocycles. The molecule has 0 amide bonds. The van der Waals surface area contributed by atoms with Crippen LogP contribution in [0.2, 0.25) is 10.0 Å². The SMILES string of the molecule is CCCc1[nH]c(Cc2ccc(Cl)cc2Cl)nc1-c1ccccc1. The van der Waals surface area contributed by atoms with E-state index in [1.807, 2.05) is 30.3 Å². The van der Waals surface area contributed by atoms with Crippen molar-refractivity contribution < 1.29 is 0 Å². The van der Waals surface area contributed by atoms with Crippen LogP contribution in [0, 0.1) is 0 Å². The lowest BCUT2D eigenvalue weighted by molar-refractivity contribution is 0.883. The maximum Gasteiger partial charge on any atom is 0.111 e. The van der Waals surface area contributed by atoms with Gasteiger partial charge in [-0.3, -0.25) is 0 Å². The van der Waals surface area contributed by atoms with Crippen molar-refractivity contribution in [2.24, 2.45) is 0 Å². The first kappa shape index (κ1) is 16.1. The second-order valence-corrected chi connectivity index (χ2v) is 6.38. The molecule has 0 radical (unpaired) electrons. The smallest absolute Gasteiger partial charge is 0.111 e. The van der Waals surface area contributed by atoms with E-state index in [-0.39, 0.29) is 0 Å². The molecule has 1 N–H and O–H groups in total. The van der Waals surface area contributed by atoms with Crippen LogP contribution >= 0.6 is 23.2 Å². The van der Waals surface area contributed by atoms with Crippen LogP contribution in [0.1, 0.15) is 30.4 Å². The lowest BCUT2D eigenvalue weighted by Gasteiger charge is -2.02. The molecule has 2 nitrogen and oxygen atoms in total. The summed E-state index contributed by atoms with van der Waals surface area (Å²) in [6.07, 6.45) is 2.72. The molecule has 0 spiro atoms. The van der Waals surface area contributed by atoms with E-state index in [2.05, 4.69) is 24.0 Å². The summed E-state index contributed by atoms with van der Waals surface area (Å²) in [6.45, 7) is 2.17. The zero-order valence-electron chi connectivity index (χ0n) is 12.9. The minimum atomic E-state index is 0.648.